The van der Waals surface area contributed by atoms with Crippen molar-refractivity contribution in [3.05, 3.63) is 70.8 Å². The van der Waals surface area contributed by atoms with Crippen LogP contribution in [0.25, 0.3) is 0 Å². The van der Waals surface area contributed by atoms with E-state index in [4.69, 9.17) is 5.84 Å². The van der Waals surface area contributed by atoms with Crippen LogP contribution in [0.15, 0.2) is 53.6 Å². The van der Waals surface area contributed by atoms with Gasteiger partial charge in [-0.05, 0) is 31.0 Å². The molecule has 2 aromatic rings. The molecule has 130 valence electrons. The number of nitrogens with zero attached hydrogens (tertiary/aromatic N) is 2. The van der Waals surface area contributed by atoms with Crippen LogP contribution in [0.3, 0.4) is 0 Å². The molecule has 0 saturated carbocycles. The van der Waals surface area contributed by atoms with E-state index in [-0.39, 0.29) is 11.8 Å². The summed E-state index contributed by atoms with van der Waals surface area (Å²) in [5, 5.41) is 3.54. The van der Waals surface area contributed by atoms with Gasteiger partial charge in [0, 0.05) is 24.1 Å². The number of hydrazone groups is 1. The SMILES string of the molecule is NN=Cc1ccccc1C#CCCCCN1C(=O)c2ccccc2C1=O. The molecule has 0 atom stereocenters. The maximum absolute atomic E-state index is 12.3. The predicted molar refractivity (Wildman–Crippen MR) is 101 cm³/mol. The zero-order valence-electron chi connectivity index (χ0n) is 14.3. The van der Waals surface area contributed by atoms with E-state index in [0.717, 1.165) is 24.0 Å². The number of carbonyl (C=O) groups excluding carboxylic acids is 2. The lowest BCUT2D eigenvalue weighted by Gasteiger charge is -2.12. The van der Waals surface area contributed by atoms with Crippen LogP contribution >= 0.6 is 0 Å². The predicted octanol–water partition coefficient (Wildman–Crippen LogP) is 2.80. The Labute approximate surface area is 152 Å². The van der Waals surface area contributed by atoms with Gasteiger partial charge in [0.1, 0.15) is 0 Å². The smallest absolute Gasteiger partial charge is 0.261 e. The molecule has 0 bridgehead atoms. The van der Waals surface area contributed by atoms with Crippen molar-refractivity contribution in [2.75, 3.05) is 6.54 Å². The first-order chi connectivity index (χ1) is 12.7. The van der Waals surface area contributed by atoms with E-state index in [1.165, 1.54) is 4.90 Å². The molecule has 2 amide bonds. The van der Waals surface area contributed by atoms with Gasteiger partial charge in [0.05, 0.1) is 17.3 Å². The van der Waals surface area contributed by atoms with Crippen LogP contribution < -0.4 is 5.84 Å². The number of imide groups is 1. The Morgan fingerprint density at radius 1 is 0.962 bits per heavy atom. The summed E-state index contributed by atoms with van der Waals surface area (Å²) in [4.78, 5) is 25.9. The van der Waals surface area contributed by atoms with Gasteiger partial charge in [-0.15, -0.1) is 0 Å². The minimum atomic E-state index is -0.202. The van der Waals surface area contributed by atoms with E-state index < -0.39 is 0 Å². The van der Waals surface area contributed by atoms with Crippen molar-refractivity contribution in [1.29, 1.82) is 0 Å². The molecular formula is C21H19N3O2. The van der Waals surface area contributed by atoms with Gasteiger partial charge >= 0.3 is 0 Å². The Morgan fingerprint density at radius 3 is 2.31 bits per heavy atom. The number of unbranched alkanes of at least 4 members (excludes halogenated alkanes) is 2. The van der Waals surface area contributed by atoms with Crippen LogP contribution in [0.1, 0.15) is 51.1 Å². The lowest BCUT2D eigenvalue weighted by atomic mass is 10.1. The Hall–Kier alpha value is -3.39. The molecule has 0 spiro atoms. The van der Waals surface area contributed by atoms with Gasteiger partial charge in [-0.1, -0.05) is 42.2 Å². The maximum atomic E-state index is 12.3. The highest BCUT2D eigenvalue weighted by Crippen LogP contribution is 2.22. The number of amides is 2. The Kier molecular flexibility index (Phi) is 5.45. The second-order valence-electron chi connectivity index (χ2n) is 5.93. The fraction of sp³-hybridized carbons (Fsp3) is 0.190. The Balaban J connectivity index is 1.51. The first-order valence-electron chi connectivity index (χ1n) is 8.49. The third-order valence-electron chi connectivity index (χ3n) is 4.21. The highest BCUT2D eigenvalue weighted by Gasteiger charge is 2.34. The van der Waals surface area contributed by atoms with Crippen LogP contribution in [0.5, 0.6) is 0 Å². The molecule has 2 aromatic carbocycles. The van der Waals surface area contributed by atoms with Crippen molar-refractivity contribution in [2.24, 2.45) is 10.9 Å². The third-order valence-corrected chi connectivity index (χ3v) is 4.21. The van der Waals surface area contributed by atoms with Crippen LogP contribution in [-0.2, 0) is 0 Å². The minimum absolute atomic E-state index is 0.202. The van der Waals surface area contributed by atoms with Crippen LogP contribution in [0.4, 0.5) is 0 Å². The fourth-order valence-corrected chi connectivity index (χ4v) is 2.89. The van der Waals surface area contributed by atoms with Crippen molar-refractivity contribution in [1.82, 2.24) is 4.90 Å². The molecule has 1 aliphatic heterocycles. The minimum Gasteiger partial charge on any atom is -0.323 e. The number of fused-ring (bicyclic) bond motifs is 1. The Bertz CT molecular complexity index is 887. The highest BCUT2D eigenvalue weighted by atomic mass is 16.2. The number of benzene rings is 2. The molecule has 3 rings (SSSR count). The highest BCUT2D eigenvalue weighted by molar-refractivity contribution is 6.21. The lowest BCUT2D eigenvalue weighted by Crippen LogP contribution is -2.30. The Morgan fingerprint density at radius 2 is 1.62 bits per heavy atom. The van der Waals surface area contributed by atoms with Gasteiger partial charge in [0.25, 0.3) is 11.8 Å². The van der Waals surface area contributed by atoms with Crippen molar-refractivity contribution in [2.45, 2.75) is 19.3 Å². The largest absolute Gasteiger partial charge is 0.323 e. The van der Waals surface area contributed by atoms with Gasteiger partial charge in [-0.2, -0.15) is 5.10 Å². The third kappa shape index (κ3) is 3.65. The summed E-state index contributed by atoms with van der Waals surface area (Å²) >= 11 is 0. The van der Waals surface area contributed by atoms with E-state index in [0.29, 0.717) is 24.1 Å². The zero-order chi connectivity index (χ0) is 18.4. The summed E-state index contributed by atoms with van der Waals surface area (Å²) in [6, 6.07) is 14.6. The summed E-state index contributed by atoms with van der Waals surface area (Å²) in [6.07, 6.45) is 3.81. The lowest BCUT2D eigenvalue weighted by molar-refractivity contribution is 0.0652. The van der Waals surface area contributed by atoms with E-state index >= 15 is 0 Å². The molecule has 1 aliphatic rings. The average Bonchev–Trinajstić information content (AvgIpc) is 2.91. The quantitative estimate of drug-likeness (QED) is 0.226. The molecule has 26 heavy (non-hydrogen) atoms. The van der Waals surface area contributed by atoms with Gasteiger partial charge in [-0.3, -0.25) is 14.5 Å². The van der Waals surface area contributed by atoms with Gasteiger partial charge in [-0.25, -0.2) is 0 Å². The fourth-order valence-electron chi connectivity index (χ4n) is 2.89. The standard InChI is InChI=1S/C21H19N3O2/c22-23-15-17-11-5-4-10-16(17)9-3-1-2-8-14-24-20(25)18-12-6-7-13-19(18)21(24)26/h4-7,10-13,15H,1-2,8,14,22H2. The van der Waals surface area contributed by atoms with Gasteiger partial charge in [0.15, 0.2) is 0 Å². The summed E-state index contributed by atoms with van der Waals surface area (Å²) in [7, 11) is 0. The van der Waals surface area contributed by atoms with Gasteiger partial charge in [0.2, 0.25) is 0 Å². The summed E-state index contributed by atoms with van der Waals surface area (Å²) in [5.41, 5.74) is 2.75. The topological polar surface area (TPSA) is 75.8 Å². The monoisotopic (exact) mass is 345 g/mol. The van der Waals surface area contributed by atoms with Crippen molar-refractivity contribution in [3.63, 3.8) is 0 Å². The molecular weight excluding hydrogens is 326 g/mol. The first kappa shape index (κ1) is 17.4. The van der Waals surface area contributed by atoms with Crippen LogP contribution in [0.2, 0.25) is 0 Å². The molecule has 0 aliphatic carbocycles. The molecule has 5 heteroatoms. The molecule has 0 saturated heterocycles. The second-order valence-corrected chi connectivity index (χ2v) is 5.93. The van der Waals surface area contributed by atoms with E-state index in [1.807, 2.05) is 24.3 Å². The zero-order valence-corrected chi connectivity index (χ0v) is 14.3. The van der Waals surface area contributed by atoms with Crippen LogP contribution in [-0.4, -0.2) is 29.5 Å². The summed E-state index contributed by atoms with van der Waals surface area (Å²) in [5.74, 6) is 11.0. The maximum Gasteiger partial charge on any atom is 0.261 e. The summed E-state index contributed by atoms with van der Waals surface area (Å²) < 4.78 is 0. The van der Waals surface area contributed by atoms with Crippen molar-refractivity contribution >= 4 is 18.0 Å². The van der Waals surface area contributed by atoms with Gasteiger partial charge < -0.3 is 5.84 Å². The molecule has 0 radical (unpaired) electrons. The average molecular weight is 345 g/mol. The molecule has 2 N–H and O–H groups in total. The normalized spacial score (nSPS) is 13.0. The molecule has 5 nitrogen and oxygen atoms in total. The number of hydrogen-bond donors (Lipinski definition) is 1. The molecule has 0 aromatic heterocycles. The van der Waals surface area contributed by atoms with E-state index in [9.17, 15) is 9.59 Å². The molecule has 1 heterocycles. The number of hydrogen-bond acceptors (Lipinski definition) is 4. The molecule has 0 unspecified atom stereocenters. The van der Waals surface area contributed by atoms with E-state index in [1.54, 1.807) is 30.5 Å². The second kappa shape index (κ2) is 8.13. The summed E-state index contributed by atoms with van der Waals surface area (Å²) in [6.45, 7) is 0.421. The van der Waals surface area contributed by atoms with E-state index in [2.05, 4.69) is 16.9 Å². The van der Waals surface area contributed by atoms with Crippen molar-refractivity contribution < 1.29 is 9.59 Å². The first-order valence-corrected chi connectivity index (χ1v) is 8.49. The molecule has 0 fully saturated rings. The number of rotatable bonds is 5. The number of nitrogens with two attached hydrogens (primary N) is 1. The number of carbonyl (C=O) groups is 2. The van der Waals surface area contributed by atoms with Crippen LogP contribution in [0, 0.1) is 11.8 Å². The van der Waals surface area contributed by atoms with Crippen molar-refractivity contribution in [3.8, 4) is 11.8 Å².